The van der Waals surface area contributed by atoms with Gasteiger partial charge in [0, 0.05) is 45.4 Å². The smallest absolute Gasteiger partial charge is 0.157 e. The number of aromatic nitrogens is 3. The first-order valence-electron chi connectivity index (χ1n) is 9.62. The van der Waals surface area contributed by atoms with Gasteiger partial charge in [-0.15, -0.1) is 0 Å². The van der Waals surface area contributed by atoms with Crippen LogP contribution in [0.3, 0.4) is 0 Å². The minimum atomic E-state index is 0.521. The molecule has 2 aromatic heterocycles. The number of aryl methyl sites for hydroxylation is 1. The van der Waals surface area contributed by atoms with E-state index in [-0.39, 0.29) is 0 Å². The Morgan fingerprint density at radius 2 is 1.96 bits per heavy atom. The summed E-state index contributed by atoms with van der Waals surface area (Å²) in [6.07, 6.45) is 4.21. The van der Waals surface area contributed by atoms with Crippen molar-refractivity contribution < 1.29 is 9.47 Å². The maximum Gasteiger partial charge on any atom is 0.157 e. The number of methoxy groups -OCH3 is 1. The highest BCUT2D eigenvalue weighted by Crippen LogP contribution is 2.32. The number of anilines is 1. The number of hydrogen-bond donors (Lipinski definition) is 0. The van der Waals surface area contributed by atoms with Gasteiger partial charge in [0.25, 0.3) is 0 Å². The lowest BCUT2D eigenvalue weighted by Crippen LogP contribution is -2.37. The molecule has 0 amide bonds. The van der Waals surface area contributed by atoms with E-state index >= 15 is 0 Å². The van der Waals surface area contributed by atoms with Gasteiger partial charge in [-0.3, -0.25) is 0 Å². The van der Waals surface area contributed by atoms with Crippen LogP contribution >= 0.6 is 0 Å². The number of pyridine rings is 1. The summed E-state index contributed by atoms with van der Waals surface area (Å²) in [5.41, 5.74) is 3.41. The fourth-order valence-corrected chi connectivity index (χ4v) is 4.01. The number of likely N-dealkylation sites (tertiary alicyclic amines) is 1. The summed E-state index contributed by atoms with van der Waals surface area (Å²) >= 11 is 0. The molecule has 0 spiro atoms. The molecule has 0 saturated carbocycles. The lowest BCUT2D eigenvalue weighted by atomic mass is 9.92. The van der Waals surface area contributed by atoms with Crippen molar-refractivity contribution in [2.75, 3.05) is 64.6 Å². The lowest BCUT2D eigenvalue weighted by Gasteiger charge is -2.32. The molecule has 2 saturated heterocycles. The van der Waals surface area contributed by atoms with Crippen molar-refractivity contribution in [3.8, 4) is 0 Å². The van der Waals surface area contributed by atoms with Gasteiger partial charge in [0.15, 0.2) is 5.82 Å². The fourth-order valence-electron chi connectivity index (χ4n) is 4.01. The van der Waals surface area contributed by atoms with Crippen LogP contribution in [0, 0.1) is 0 Å². The van der Waals surface area contributed by atoms with Crippen molar-refractivity contribution >= 4 is 16.9 Å². The molecule has 4 rings (SSSR count). The van der Waals surface area contributed by atoms with E-state index in [0.29, 0.717) is 5.92 Å². The van der Waals surface area contributed by atoms with Crippen LogP contribution in [0.4, 0.5) is 5.82 Å². The molecule has 0 unspecified atom stereocenters. The molecule has 0 atom stereocenters. The Hall–Kier alpha value is -1.70. The molecule has 2 aromatic rings. The van der Waals surface area contributed by atoms with Crippen LogP contribution in [0.1, 0.15) is 24.5 Å². The Morgan fingerprint density at radius 3 is 2.69 bits per heavy atom. The third kappa shape index (κ3) is 3.56. The molecular weight excluding hydrogens is 330 g/mol. The van der Waals surface area contributed by atoms with Gasteiger partial charge in [-0.2, -0.15) is 0 Å². The monoisotopic (exact) mass is 359 g/mol. The summed E-state index contributed by atoms with van der Waals surface area (Å²) < 4.78 is 12.8. The van der Waals surface area contributed by atoms with E-state index in [1.54, 1.807) is 7.11 Å². The number of ether oxygens (including phenoxy) is 2. The SMILES string of the molecule is COCCN1CCC(c2cc3c(ncn3C)c(N3CCOCC3)n2)CC1. The Morgan fingerprint density at radius 1 is 1.19 bits per heavy atom. The van der Waals surface area contributed by atoms with Crippen molar-refractivity contribution in [3.05, 3.63) is 18.1 Å². The third-order valence-electron chi connectivity index (χ3n) is 5.64. The topological polar surface area (TPSA) is 55.7 Å². The molecule has 142 valence electrons. The van der Waals surface area contributed by atoms with Crippen molar-refractivity contribution in [3.63, 3.8) is 0 Å². The zero-order valence-electron chi connectivity index (χ0n) is 15.9. The van der Waals surface area contributed by atoms with Gasteiger partial charge in [-0.25, -0.2) is 9.97 Å². The van der Waals surface area contributed by atoms with E-state index in [4.69, 9.17) is 14.5 Å². The third-order valence-corrected chi connectivity index (χ3v) is 5.64. The predicted octanol–water partition coefficient (Wildman–Crippen LogP) is 1.63. The van der Waals surface area contributed by atoms with Crippen LogP contribution in [0.5, 0.6) is 0 Å². The zero-order valence-corrected chi connectivity index (χ0v) is 15.9. The van der Waals surface area contributed by atoms with E-state index in [2.05, 4.69) is 32.5 Å². The second-order valence-electron chi connectivity index (χ2n) is 7.30. The minimum absolute atomic E-state index is 0.521. The lowest BCUT2D eigenvalue weighted by molar-refractivity contribution is 0.122. The number of imidazole rings is 1. The summed E-state index contributed by atoms with van der Waals surface area (Å²) in [5, 5.41) is 0. The van der Waals surface area contributed by atoms with Crippen LogP contribution in [-0.2, 0) is 16.5 Å². The average Bonchev–Trinajstić information content (AvgIpc) is 3.08. The Balaban J connectivity index is 1.58. The summed E-state index contributed by atoms with van der Waals surface area (Å²) in [7, 11) is 3.84. The van der Waals surface area contributed by atoms with Crippen molar-refractivity contribution in [2.45, 2.75) is 18.8 Å². The summed E-state index contributed by atoms with van der Waals surface area (Å²) in [6, 6.07) is 2.25. The van der Waals surface area contributed by atoms with Gasteiger partial charge < -0.3 is 23.8 Å². The van der Waals surface area contributed by atoms with Crippen molar-refractivity contribution in [2.24, 2.45) is 7.05 Å². The molecule has 0 aromatic carbocycles. The Labute approximate surface area is 154 Å². The number of piperidine rings is 1. The van der Waals surface area contributed by atoms with Crippen LogP contribution in [0.25, 0.3) is 11.0 Å². The average molecular weight is 359 g/mol. The summed E-state index contributed by atoms with van der Waals surface area (Å²) in [4.78, 5) is 14.5. The first-order chi connectivity index (χ1) is 12.8. The van der Waals surface area contributed by atoms with Crippen molar-refractivity contribution in [1.29, 1.82) is 0 Å². The molecule has 2 fully saturated rings. The van der Waals surface area contributed by atoms with Gasteiger partial charge in [-0.1, -0.05) is 0 Å². The summed E-state index contributed by atoms with van der Waals surface area (Å²) in [5.74, 6) is 1.55. The number of hydrogen-bond acceptors (Lipinski definition) is 6. The van der Waals surface area contributed by atoms with E-state index in [1.165, 1.54) is 11.2 Å². The van der Waals surface area contributed by atoms with E-state index in [1.807, 2.05) is 6.33 Å². The number of fused-ring (bicyclic) bond motifs is 1. The highest BCUT2D eigenvalue weighted by atomic mass is 16.5. The van der Waals surface area contributed by atoms with Gasteiger partial charge in [0.05, 0.1) is 31.7 Å². The highest BCUT2D eigenvalue weighted by molar-refractivity contribution is 5.87. The van der Waals surface area contributed by atoms with E-state index in [0.717, 1.165) is 76.7 Å². The molecule has 2 aliphatic heterocycles. The molecule has 7 heteroatoms. The normalized spacial score (nSPS) is 20.2. The quantitative estimate of drug-likeness (QED) is 0.809. The van der Waals surface area contributed by atoms with Gasteiger partial charge in [0.1, 0.15) is 5.52 Å². The standard InChI is InChI=1S/C19H29N5O2/c1-22-14-20-18-17(22)13-16(21-19(18)24-8-11-26-12-9-24)15-3-5-23(6-4-15)7-10-25-2/h13-15H,3-12H2,1-2H3. The zero-order chi connectivity index (χ0) is 17.9. The molecule has 0 N–H and O–H groups in total. The van der Waals surface area contributed by atoms with Crippen LogP contribution in [0.2, 0.25) is 0 Å². The van der Waals surface area contributed by atoms with Crippen LogP contribution in [0.15, 0.2) is 12.4 Å². The Bertz CT molecular complexity index is 733. The van der Waals surface area contributed by atoms with Gasteiger partial charge >= 0.3 is 0 Å². The predicted molar refractivity (Wildman–Crippen MR) is 102 cm³/mol. The number of morpholine rings is 1. The summed E-state index contributed by atoms with van der Waals surface area (Å²) in [6.45, 7) is 7.37. The first-order valence-corrected chi connectivity index (χ1v) is 9.62. The Kier molecular flexibility index (Phi) is 5.38. The molecule has 0 radical (unpaired) electrons. The second kappa shape index (κ2) is 7.90. The minimum Gasteiger partial charge on any atom is -0.383 e. The molecule has 0 bridgehead atoms. The van der Waals surface area contributed by atoms with Crippen LogP contribution in [-0.4, -0.2) is 79.1 Å². The van der Waals surface area contributed by atoms with Crippen LogP contribution < -0.4 is 4.90 Å². The number of rotatable bonds is 5. The highest BCUT2D eigenvalue weighted by Gasteiger charge is 2.25. The van der Waals surface area contributed by atoms with E-state index < -0.39 is 0 Å². The fraction of sp³-hybridized carbons (Fsp3) is 0.684. The molecule has 26 heavy (non-hydrogen) atoms. The van der Waals surface area contributed by atoms with Gasteiger partial charge in [-0.05, 0) is 32.0 Å². The molecular formula is C19H29N5O2. The maximum absolute atomic E-state index is 5.52. The molecule has 7 nitrogen and oxygen atoms in total. The largest absolute Gasteiger partial charge is 0.383 e. The molecule has 2 aliphatic rings. The van der Waals surface area contributed by atoms with Gasteiger partial charge in [0.2, 0.25) is 0 Å². The number of nitrogens with zero attached hydrogens (tertiary/aromatic N) is 5. The second-order valence-corrected chi connectivity index (χ2v) is 7.30. The van der Waals surface area contributed by atoms with E-state index in [9.17, 15) is 0 Å². The first kappa shape index (κ1) is 17.7. The maximum atomic E-state index is 5.52. The molecule has 0 aliphatic carbocycles. The van der Waals surface area contributed by atoms with Crippen molar-refractivity contribution in [1.82, 2.24) is 19.4 Å². The molecule has 4 heterocycles.